The molecule has 1 aliphatic rings. The Morgan fingerprint density at radius 3 is 2.83 bits per heavy atom. The van der Waals surface area contributed by atoms with Gasteiger partial charge >= 0.3 is 0 Å². The van der Waals surface area contributed by atoms with E-state index in [-0.39, 0.29) is 24.0 Å². The lowest BCUT2D eigenvalue weighted by Gasteiger charge is -2.15. The summed E-state index contributed by atoms with van der Waals surface area (Å²) in [5.74, 6) is 2.74. The third kappa shape index (κ3) is 6.66. The van der Waals surface area contributed by atoms with Crippen LogP contribution in [-0.4, -0.2) is 49.2 Å². The summed E-state index contributed by atoms with van der Waals surface area (Å²) in [6.45, 7) is 11.0. The number of guanidine groups is 1. The standard InChI is InChI=1S/C16H29N5O.HI/c1-5-17-16(18-9-13-6-7-21(4)11-13)19-10-14-8-15(12(2)3)20-22-14;/h8,12-13H,5-7,9-11H2,1-4H3,(H2,17,18,19);1H. The molecule has 0 saturated carbocycles. The van der Waals surface area contributed by atoms with Crippen LogP contribution < -0.4 is 10.6 Å². The molecule has 1 aromatic rings. The van der Waals surface area contributed by atoms with Crippen LogP contribution in [0.4, 0.5) is 0 Å². The van der Waals surface area contributed by atoms with E-state index in [4.69, 9.17) is 4.52 Å². The van der Waals surface area contributed by atoms with Crippen LogP contribution in [-0.2, 0) is 6.54 Å². The minimum Gasteiger partial charge on any atom is -0.359 e. The van der Waals surface area contributed by atoms with Crippen molar-refractivity contribution >= 4 is 29.9 Å². The summed E-state index contributed by atoms with van der Waals surface area (Å²) in [6, 6.07) is 1.99. The van der Waals surface area contributed by atoms with Crippen LogP contribution in [0.1, 0.15) is 44.6 Å². The highest BCUT2D eigenvalue weighted by molar-refractivity contribution is 14.0. The lowest BCUT2D eigenvalue weighted by atomic mass is 10.1. The van der Waals surface area contributed by atoms with Gasteiger partial charge in [-0.1, -0.05) is 19.0 Å². The molecule has 6 nitrogen and oxygen atoms in total. The van der Waals surface area contributed by atoms with E-state index in [1.165, 1.54) is 13.0 Å². The summed E-state index contributed by atoms with van der Waals surface area (Å²) in [5.41, 5.74) is 0.983. The van der Waals surface area contributed by atoms with Gasteiger partial charge in [-0.15, -0.1) is 24.0 Å². The van der Waals surface area contributed by atoms with Crippen molar-refractivity contribution in [1.29, 1.82) is 0 Å². The Labute approximate surface area is 156 Å². The average Bonchev–Trinajstić information content (AvgIpc) is 3.11. The van der Waals surface area contributed by atoms with Gasteiger partial charge in [0.1, 0.15) is 6.54 Å². The van der Waals surface area contributed by atoms with Crippen molar-refractivity contribution in [2.24, 2.45) is 10.9 Å². The van der Waals surface area contributed by atoms with Gasteiger partial charge in [0.05, 0.1) is 5.69 Å². The Hall–Kier alpha value is -0.830. The van der Waals surface area contributed by atoms with Gasteiger partial charge < -0.3 is 20.1 Å². The fourth-order valence-corrected chi connectivity index (χ4v) is 2.61. The molecule has 0 aromatic carbocycles. The van der Waals surface area contributed by atoms with Crippen LogP contribution in [0.3, 0.4) is 0 Å². The zero-order chi connectivity index (χ0) is 15.9. The Morgan fingerprint density at radius 1 is 1.48 bits per heavy atom. The van der Waals surface area contributed by atoms with Crippen molar-refractivity contribution < 1.29 is 4.52 Å². The third-order valence-corrected chi connectivity index (χ3v) is 3.95. The average molecular weight is 435 g/mol. The second-order valence-electron chi connectivity index (χ2n) is 6.37. The van der Waals surface area contributed by atoms with Crippen LogP contribution in [0, 0.1) is 5.92 Å². The maximum absolute atomic E-state index is 5.33. The van der Waals surface area contributed by atoms with Crippen molar-refractivity contribution in [2.45, 2.75) is 39.7 Å². The van der Waals surface area contributed by atoms with E-state index in [9.17, 15) is 0 Å². The molecule has 23 heavy (non-hydrogen) atoms. The molecule has 0 bridgehead atoms. The molecule has 1 aliphatic heterocycles. The van der Waals surface area contributed by atoms with Gasteiger partial charge in [0.2, 0.25) is 0 Å². The molecular formula is C16H30IN5O. The monoisotopic (exact) mass is 435 g/mol. The molecule has 132 valence electrons. The minimum absolute atomic E-state index is 0. The van der Waals surface area contributed by atoms with E-state index in [2.05, 4.69) is 53.5 Å². The Bertz CT molecular complexity index is 489. The van der Waals surface area contributed by atoms with E-state index in [1.54, 1.807) is 0 Å². The highest BCUT2D eigenvalue weighted by atomic mass is 127. The topological polar surface area (TPSA) is 65.7 Å². The largest absolute Gasteiger partial charge is 0.359 e. The van der Waals surface area contributed by atoms with Crippen LogP contribution in [0.25, 0.3) is 0 Å². The fraction of sp³-hybridized carbons (Fsp3) is 0.750. The summed E-state index contributed by atoms with van der Waals surface area (Å²) in [5, 5.41) is 10.8. The number of hydrogen-bond donors (Lipinski definition) is 2. The van der Waals surface area contributed by atoms with Gasteiger partial charge in [0.25, 0.3) is 0 Å². The fourth-order valence-electron chi connectivity index (χ4n) is 2.61. The van der Waals surface area contributed by atoms with Gasteiger partial charge in [-0.3, -0.25) is 0 Å². The van der Waals surface area contributed by atoms with E-state index in [0.29, 0.717) is 18.4 Å². The molecule has 1 unspecified atom stereocenters. The van der Waals surface area contributed by atoms with E-state index in [1.807, 2.05) is 6.07 Å². The highest BCUT2D eigenvalue weighted by Gasteiger charge is 2.19. The number of hydrogen-bond acceptors (Lipinski definition) is 4. The maximum Gasteiger partial charge on any atom is 0.191 e. The van der Waals surface area contributed by atoms with Crippen LogP contribution in [0.15, 0.2) is 15.6 Å². The number of halogens is 1. The Morgan fingerprint density at radius 2 is 2.26 bits per heavy atom. The zero-order valence-electron chi connectivity index (χ0n) is 14.6. The van der Waals surface area contributed by atoms with Gasteiger partial charge in [0, 0.05) is 25.7 Å². The first-order valence-electron chi connectivity index (χ1n) is 8.24. The first-order valence-corrected chi connectivity index (χ1v) is 8.24. The van der Waals surface area contributed by atoms with Crippen molar-refractivity contribution in [3.8, 4) is 0 Å². The predicted octanol–water partition coefficient (Wildman–Crippen LogP) is 2.42. The number of aliphatic imine (C=N–C) groups is 1. The van der Waals surface area contributed by atoms with Crippen molar-refractivity contribution in [3.63, 3.8) is 0 Å². The highest BCUT2D eigenvalue weighted by Crippen LogP contribution is 2.15. The Kier molecular flexibility index (Phi) is 8.90. The maximum atomic E-state index is 5.33. The molecule has 2 heterocycles. The van der Waals surface area contributed by atoms with Crippen LogP contribution in [0.2, 0.25) is 0 Å². The summed E-state index contributed by atoms with van der Waals surface area (Å²) in [4.78, 5) is 6.96. The van der Waals surface area contributed by atoms with Crippen molar-refractivity contribution in [3.05, 3.63) is 17.5 Å². The predicted molar refractivity (Wildman–Crippen MR) is 104 cm³/mol. The minimum atomic E-state index is 0. The molecule has 2 N–H and O–H groups in total. The molecule has 0 radical (unpaired) electrons. The normalized spacial score (nSPS) is 19.0. The van der Waals surface area contributed by atoms with E-state index >= 15 is 0 Å². The summed E-state index contributed by atoms with van der Waals surface area (Å²) in [7, 11) is 2.18. The number of nitrogens with zero attached hydrogens (tertiary/aromatic N) is 3. The van der Waals surface area contributed by atoms with E-state index in [0.717, 1.165) is 37.0 Å². The van der Waals surface area contributed by atoms with Gasteiger partial charge in [-0.2, -0.15) is 0 Å². The number of nitrogens with one attached hydrogen (secondary N) is 2. The molecule has 1 fully saturated rings. The first kappa shape index (κ1) is 20.2. The van der Waals surface area contributed by atoms with Gasteiger partial charge in [-0.05, 0) is 38.8 Å². The SMILES string of the molecule is CCNC(=NCc1cc(C(C)C)no1)NCC1CCN(C)C1.I. The number of rotatable bonds is 6. The molecule has 1 atom stereocenters. The quantitative estimate of drug-likeness (QED) is 0.408. The molecule has 1 saturated heterocycles. The van der Waals surface area contributed by atoms with Gasteiger partial charge in [-0.25, -0.2) is 4.99 Å². The molecular weight excluding hydrogens is 405 g/mol. The zero-order valence-corrected chi connectivity index (χ0v) is 17.0. The van der Waals surface area contributed by atoms with Crippen molar-refractivity contribution in [1.82, 2.24) is 20.7 Å². The molecule has 0 spiro atoms. The Balaban J connectivity index is 0.00000264. The smallest absolute Gasteiger partial charge is 0.191 e. The van der Waals surface area contributed by atoms with Crippen LogP contribution >= 0.6 is 24.0 Å². The molecule has 1 aromatic heterocycles. The summed E-state index contributed by atoms with van der Waals surface area (Å²) < 4.78 is 5.33. The van der Waals surface area contributed by atoms with Crippen molar-refractivity contribution in [2.75, 3.05) is 33.2 Å². The number of likely N-dealkylation sites (tertiary alicyclic amines) is 1. The lowest BCUT2D eigenvalue weighted by Crippen LogP contribution is -2.40. The third-order valence-electron chi connectivity index (χ3n) is 3.95. The second-order valence-corrected chi connectivity index (χ2v) is 6.37. The molecule has 0 amide bonds. The first-order chi connectivity index (χ1) is 10.6. The second kappa shape index (κ2) is 10.1. The number of aromatic nitrogens is 1. The van der Waals surface area contributed by atoms with Crippen LogP contribution in [0.5, 0.6) is 0 Å². The van der Waals surface area contributed by atoms with E-state index < -0.39 is 0 Å². The summed E-state index contributed by atoms with van der Waals surface area (Å²) in [6.07, 6.45) is 1.25. The molecule has 7 heteroatoms. The van der Waals surface area contributed by atoms with Gasteiger partial charge in [0.15, 0.2) is 11.7 Å². The summed E-state index contributed by atoms with van der Waals surface area (Å²) >= 11 is 0. The lowest BCUT2D eigenvalue weighted by molar-refractivity contribution is 0.376. The molecule has 0 aliphatic carbocycles. The molecule has 2 rings (SSSR count).